The first-order valence-electron chi connectivity index (χ1n) is 4.58. The molecule has 0 saturated carbocycles. The van der Waals surface area contributed by atoms with E-state index in [1.165, 1.54) is 18.2 Å². The molecule has 1 atom stereocenters. The van der Waals surface area contributed by atoms with Gasteiger partial charge in [0.05, 0.1) is 11.6 Å². The van der Waals surface area contributed by atoms with Gasteiger partial charge in [0, 0.05) is 0 Å². The van der Waals surface area contributed by atoms with E-state index in [9.17, 15) is 18.0 Å². The van der Waals surface area contributed by atoms with E-state index in [4.69, 9.17) is 0 Å². The Balaban J connectivity index is 2.37. The number of cyclic esters (lactones) is 1. The van der Waals surface area contributed by atoms with Crippen LogP contribution in [0.5, 0.6) is 0 Å². The van der Waals surface area contributed by atoms with E-state index in [0.717, 1.165) is 6.07 Å². The molecule has 16 heavy (non-hydrogen) atoms. The zero-order valence-corrected chi connectivity index (χ0v) is 8.04. The lowest BCUT2D eigenvalue weighted by atomic mass is 10.0. The summed E-state index contributed by atoms with van der Waals surface area (Å²) < 4.78 is 42.5. The number of nitrogens with one attached hydrogen (secondary N) is 1. The fraction of sp³-hybridized carbons (Fsp3) is 0.300. The lowest BCUT2D eigenvalue weighted by Crippen LogP contribution is -2.21. The highest BCUT2D eigenvalue weighted by Crippen LogP contribution is 2.35. The number of carbonyl (C=O) groups excluding carboxylic acids is 1. The van der Waals surface area contributed by atoms with Crippen molar-refractivity contribution in [3.63, 3.8) is 0 Å². The van der Waals surface area contributed by atoms with Gasteiger partial charge in [-0.3, -0.25) is 0 Å². The normalized spacial score (nSPS) is 20.4. The Bertz CT molecular complexity index is 417. The van der Waals surface area contributed by atoms with Crippen LogP contribution in [0.3, 0.4) is 0 Å². The molecule has 1 aliphatic heterocycles. The van der Waals surface area contributed by atoms with Gasteiger partial charge in [-0.15, -0.1) is 0 Å². The fourth-order valence-electron chi connectivity index (χ4n) is 1.61. The minimum Gasteiger partial charge on any atom is -0.447 e. The molecule has 0 unspecified atom stereocenters. The first-order chi connectivity index (χ1) is 7.48. The third-order valence-electron chi connectivity index (χ3n) is 2.31. The highest BCUT2D eigenvalue weighted by Gasteiger charge is 2.37. The number of alkyl halides is 3. The molecule has 1 aliphatic rings. The number of alkyl carbamates (subject to hydrolysis) is 1. The third kappa shape index (κ3) is 1.95. The van der Waals surface area contributed by atoms with Crippen LogP contribution in [0.1, 0.15) is 17.2 Å². The average Bonchev–Trinajstić information content (AvgIpc) is 2.64. The van der Waals surface area contributed by atoms with Crippen LogP contribution in [0.15, 0.2) is 24.3 Å². The number of benzene rings is 1. The maximum atomic E-state index is 12.6. The van der Waals surface area contributed by atoms with Crippen LogP contribution in [-0.4, -0.2) is 12.7 Å². The quantitative estimate of drug-likeness (QED) is 0.806. The fourth-order valence-corrected chi connectivity index (χ4v) is 1.61. The van der Waals surface area contributed by atoms with Crippen molar-refractivity contribution in [1.29, 1.82) is 0 Å². The van der Waals surface area contributed by atoms with E-state index in [1.54, 1.807) is 0 Å². The average molecular weight is 231 g/mol. The van der Waals surface area contributed by atoms with E-state index >= 15 is 0 Å². The lowest BCUT2D eigenvalue weighted by Gasteiger charge is -2.15. The molecule has 1 heterocycles. The van der Waals surface area contributed by atoms with Crippen LogP contribution in [0.4, 0.5) is 18.0 Å². The predicted octanol–water partition coefficient (Wildman–Crippen LogP) is 2.49. The molecule has 1 N–H and O–H groups in total. The van der Waals surface area contributed by atoms with Crippen molar-refractivity contribution < 1.29 is 22.7 Å². The first kappa shape index (κ1) is 10.8. The molecule has 2 rings (SSSR count). The van der Waals surface area contributed by atoms with Gasteiger partial charge in [-0.2, -0.15) is 13.2 Å². The summed E-state index contributed by atoms with van der Waals surface area (Å²) in [7, 11) is 0. The Kier molecular flexibility index (Phi) is 2.49. The van der Waals surface area contributed by atoms with Crippen molar-refractivity contribution in [2.75, 3.05) is 6.61 Å². The van der Waals surface area contributed by atoms with E-state index < -0.39 is 23.9 Å². The Labute approximate surface area is 89.2 Å². The van der Waals surface area contributed by atoms with Gasteiger partial charge >= 0.3 is 12.3 Å². The van der Waals surface area contributed by atoms with E-state index in [1.807, 2.05) is 0 Å². The third-order valence-corrected chi connectivity index (χ3v) is 2.31. The minimum absolute atomic E-state index is 0.0286. The lowest BCUT2D eigenvalue weighted by molar-refractivity contribution is -0.138. The van der Waals surface area contributed by atoms with Crippen LogP contribution in [0, 0.1) is 0 Å². The molecule has 1 aromatic carbocycles. The highest BCUT2D eigenvalue weighted by molar-refractivity contribution is 5.70. The largest absolute Gasteiger partial charge is 0.447 e. The first-order valence-corrected chi connectivity index (χ1v) is 4.58. The van der Waals surface area contributed by atoms with Crippen molar-refractivity contribution in [2.45, 2.75) is 12.2 Å². The Morgan fingerprint density at radius 3 is 2.56 bits per heavy atom. The molecule has 3 nitrogen and oxygen atoms in total. The summed E-state index contributed by atoms with van der Waals surface area (Å²) >= 11 is 0. The Morgan fingerprint density at radius 2 is 2.00 bits per heavy atom. The van der Waals surface area contributed by atoms with Crippen molar-refractivity contribution in [2.24, 2.45) is 0 Å². The smallest absolute Gasteiger partial charge is 0.416 e. The minimum atomic E-state index is -4.43. The van der Waals surface area contributed by atoms with Gasteiger partial charge in [-0.1, -0.05) is 18.2 Å². The predicted molar refractivity (Wildman–Crippen MR) is 48.7 cm³/mol. The maximum absolute atomic E-state index is 12.6. The molecular weight excluding hydrogens is 223 g/mol. The molecule has 0 aromatic heterocycles. The van der Waals surface area contributed by atoms with Crippen LogP contribution < -0.4 is 5.32 Å². The molecule has 86 valence electrons. The number of carbonyl (C=O) groups is 1. The number of halogens is 3. The molecule has 1 fully saturated rings. The number of hydrogen-bond donors (Lipinski definition) is 1. The van der Waals surface area contributed by atoms with E-state index in [-0.39, 0.29) is 12.2 Å². The van der Waals surface area contributed by atoms with Gasteiger partial charge in [0.25, 0.3) is 0 Å². The van der Waals surface area contributed by atoms with Gasteiger partial charge < -0.3 is 10.1 Å². The van der Waals surface area contributed by atoms with Gasteiger partial charge in [0.1, 0.15) is 6.61 Å². The van der Waals surface area contributed by atoms with Gasteiger partial charge in [0.2, 0.25) is 0 Å². The van der Waals surface area contributed by atoms with Crippen LogP contribution >= 0.6 is 0 Å². The van der Waals surface area contributed by atoms with Crippen LogP contribution in [0.25, 0.3) is 0 Å². The Hall–Kier alpha value is -1.72. The van der Waals surface area contributed by atoms with Gasteiger partial charge in [-0.25, -0.2) is 4.79 Å². The topological polar surface area (TPSA) is 38.3 Å². The summed E-state index contributed by atoms with van der Waals surface area (Å²) in [4.78, 5) is 10.8. The molecule has 0 bridgehead atoms. The molecule has 0 aliphatic carbocycles. The van der Waals surface area contributed by atoms with E-state index in [0.29, 0.717) is 0 Å². The molecule has 1 saturated heterocycles. The molecule has 6 heteroatoms. The zero-order valence-electron chi connectivity index (χ0n) is 8.04. The zero-order chi connectivity index (χ0) is 11.8. The van der Waals surface area contributed by atoms with E-state index in [2.05, 4.69) is 10.1 Å². The summed E-state index contributed by atoms with van der Waals surface area (Å²) in [6.45, 7) is -0.0775. The molecular formula is C10H8F3NO2. The second-order valence-electron chi connectivity index (χ2n) is 3.38. The summed E-state index contributed by atoms with van der Waals surface area (Å²) in [5, 5.41) is 2.32. The van der Waals surface area contributed by atoms with Crippen molar-refractivity contribution in [3.05, 3.63) is 35.4 Å². The van der Waals surface area contributed by atoms with Crippen LogP contribution in [0.2, 0.25) is 0 Å². The number of rotatable bonds is 1. The summed E-state index contributed by atoms with van der Waals surface area (Å²) in [6.07, 6.45) is -5.12. The molecule has 0 spiro atoms. The van der Waals surface area contributed by atoms with Crippen LogP contribution in [-0.2, 0) is 10.9 Å². The summed E-state index contributed by atoms with van der Waals surface area (Å²) in [5.41, 5.74) is -0.716. The molecule has 1 amide bonds. The Morgan fingerprint density at radius 1 is 1.31 bits per heavy atom. The van der Waals surface area contributed by atoms with Crippen molar-refractivity contribution >= 4 is 6.09 Å². The summed E-state index contributed by atoms with van der Waals surface area (Å²) in [6, 6.07) is 4.40. The second-order valence-corrected chi connectivity index (χ2v) is 3.38. The monoisotopic (exact) mass is 231 g/mol. The molecule has 0 radical (unpaired) electrons. The maximum Gasteiger partial charge on any atom is 0.416 e. The number of hydrogen-bond acceptors (Lipinski definition) is 2. The number of ether oxygens (including phenoxy) is 1. The van der Waals surface area contributed by atoms with Gasteiger partial charge in [0.15, 0.2) is 0 Å². The SMILES string of the molecule is O=C1N[C@H](c2ccccc2C(F)(F)F)CO1. The van der Waals surface area contributed by atoms with Crippen molar-refractivity contribution in [1.82, 2.24) is 5.32 Å². The number of amides is 1. The standard InChI is InChI=1S/C10H8F3NO2/c11-10(12,13)7-4-2-1-3-6(7)8-5-16-9(15)14-8/h1-4,8H,5H2,(H,14,15)/t8-/m0/s1. The molecule has 1 aromatic rings. The van der Waals surface area contributed by atoms with Crippen molar-refractivity contribution in [3.8, 4) is 0 Å². The summed E-state index contributed by atoms with van der Waals surface area (Å²) in [5.74, 6) is 0. The highest BCUT2D eigenvalue weighted by atomic mass is 19.4. The second kappa shape index (κ2) is 3.70. The van der Waals surface area contributed by atoms with Gasteiger partial charge in [-0.05, 0) is 11.6 Å².